The number of aromatic hydroxyl groups is 1. The molecule has 0 aliphatic heterocycles. The summed E-state index contributed by atoms with van der Waals surface area (Å²) in [7, 11) is 0. The Morgan fingerprint density at radius 3 is 2.25 bits per heavy atom. The van der Waals surface area contributed by atoms with Crippen molar-refractivity contribution >= 4 is 17.7 Å². The Labute approximate surface area is 133 Å². The summed E-state index contributed by atoms with van der Waals surface area (Å²) in [6.07, 6.45) is -4.77. The number of nitrogens with two attached hydrogens (primary N) is 1. The van der Waals surface area contributed by atoms with Crippen LogP contribution in [0.25, 0.3) is 11.1 Å². The van der Waals surface area contributed by atoms with Crippen molar-refractivity contribution in [3.8, 4) is 16.9 Å². The molecule has 2 rings (SSSR count). The normalized spacial score (nSPS) is 11.1. The third-order valence-electron chi connectivity index (χ3n) is 3.16. The van der Waals surface area contributed by atoms with Crippen LogP contribution >= 0.6 is 0 Å². The van der Waals surface area contributed by atoms with E-state index in [9.17, 15) is 33.0 Å². The van der Waals surface area contributed by atoms with Gasteiger partial charge in [0.25, 0.3) is 0 Å². The molecular weight excluding hydrogens is 329 g/mol. The third kappa shape index (κ3) is 3.24. The van der Waals surface area contributed by atoms with Gasteiger partial charge in [-0.05, 0) is 23.8 Å². The first-order valence-electron chi connectivity index (χ1n) is 6.45. The van der Waals surface area contributed by atoms with Gasteiger partial charge in [-0.3, -0.25) is 0 Å². The summed E-state index contributed by atoms with van der Waals surface area (Å²) in [6, 6.07) is 5.09. The minimum Gasteiger partial charge on any atom is -0.507 e. The monoisotopic (exact) mass is 340 g/mol. The summed E-state index contributed by atoms with van der Waals surface area (Å²) in [5.41, 5.74) is 1.67. The highest BCUT2D eigenvalue weighted by Crippen LogP contribution is 2.43. The molecule has 0 aliphatic rings. The van der Waals surface area contributed by atoms with E-state index in [0.717, 1.165) is 30.3 Å². The van der Waals surface area contributed by atoms with E-state index >= 15 is 0 Å². The second kappa shape index (κ2) is 6.11. The highest BCUT2D eigenvalue weighted by Gasteiger charge is 2.35. The van der Waals surface area contributed by atoms with Crippen molar-refractivity contribution in [2.24, 2.45) is 5.73 Å². The molecule has 2 aromatic rings. The van der Waals surface area contributed by atoms with Gasteiger partial charge in [-0.25, -0.2) is 9.59 Å². The van der Waals surface area contributed by atoms with E-state index in [1.165, 1.54) is 6.07 Å². The largest absolute Gasteiger partial charge is 0.507 e. The summed E-state index contributed by atoms with van der Waals surface area (Å²) in [5.74, 6) is -2.32. The van der Waals surface area contributed by atoms with Crippen LogP contribution in [0, 0.1) is 0 Å². The first-order chi connectivity index (χ1) is 11.1. The number of aromatic carboxylic acids is 1. The fourth-order valence-electron chi connectivity index (χ4n) is 2.27. The molecule has 0 unspecified atom stereocenters. The summed E-state index contributed by atoms with van der Waals surface area (Å²) in [5, 5.41) is 21.3. The number of phenolic OH excluding ortho intramolecular Hbond substituents is 1. The molecule has 0 saturated carbocycles. The predicted octanol–water partition coefficient (Wildman–Crippen LogP) is 3.27. The first-order valence-corrected chi connectivity index (χ1v) is 6.45. The van der Waals surface area contributed by atoms with Crippen molar-refractivity contribution in [2.75, 3.05) is 5.32 Å². The Bertz CT molecular complexity index is 819. The molecule has 0 saturated heterocycles. The summed E-state index contributed by atoms with van der Waals surface area (Å²) < 4.78 is 39.6. The molecule has 0 radical (unpaired) electrons. The van der Waals surface area contributed by atoms with Crippen LogP contribution < -0.4 is 11.1 Å². The Kier molecular flexibility index (Phi) is 4.36. The molecular formula is C15H11F3N2O4. The van der Waals surface area contributed by atoms with E-state index in [1.807, 2.05) is 5.32 Å². The molecule has 0 fully saturated rings. The summed E-state index contributed by atoms with van der Waals surface area (Å²) >= 11 is 0. The van der Waals surface area contributed by atoms with Crippen LogP contribution in [0.1, 0.15) is 15.9 Å². The molecule has 2 aromatic carbocycles. The van der Waals surface area contributed by atoms with E-state index < -0.39 is 46.2 Å². The molecule has 24 heavy (non-hydrogen) atoms. The molecule has 0 spiro atoms. The molecule has 0 heterocycles. The first kappa shape index (κ1) is 17.1. The second-order valence-corrected chi connectivity index (χ2v) is 4.72. The number of hydrogen-bond acceptors (Lipinski definition) is 3. The van der Waals surface area contributed by atoms with Crippen LogP contribution in [0.15, 0.2) is 36.4 Å². The maximum atomic E-state index is 13.2. The van der Waals surface area contributed by atoms with E-state index in [0.29, 0.717) is 0 Å². The fourth-order valence-corrected chi connectivity index (χ4v) is 2.27. The van der Waals surface area contributed by atoms with Crippen LogP contribution in [0.2, 0.25) is 0 Å². The SMILES string of the molecule is NC(=O)Nc1ccc(O)c(-c2ccccc2C(F)(F)F)c1C(=O)O. The lowest BCUT2D eigenvalue weighted by Gasteiger charge is -2.17. The Morgan fingerprint density at radius 1 is 1.08 bits per heavy atom. The number of carboxylic acid groups (broad SMARTS) is 1. The molecule has 0 aromatic heterocycles. The number of carboxylic acids is 1. The van der Waals surface area contributed by atoms with Gasteiger partial charge in [-0.15, -0.1) is 0 Å². The highest BCUT2D eigenvalue weighted by atomic mass is 19.4. The molecule has 0 bridgehead atoms. The third-order valence-corrected chi connectivity index (χ3v) is 3.16. The number of rotatable bonds is 3. The topological polar surface area (TPSA) is 113 Å². The second-order valence-electron chi connectivity index (χ2n) is 4.72. The lowest BCUT2D eigenvalue weighted by molar-refractivity contribution is -0.137. The maximum Gasteiger partial charge on any atom is 0.417 e. The van der Waals surface area contributed by atoms with Gasteiger partial charge in [0.2, 0.25) is 0 Å². The van der Waals surface area contributed by atoms with E-state index in [2.05, 4.69) is 0 Å². The minimum atomic E-state index is -4.77. The van der Waals surface area contributed by atoms with Gasteiger partial charge in [0, 0.05) is 5.56 Å². The fraction of sp³-hybridized carbons (Fsp3) is 0.0667. The molecule has 126 valence electrons. The van der Waals surface area contributed by atoms with Crippen molar-refractivity contribution in [2.45, 2.75) is 6.18 Å². The number of halogens is 3. The van der Waals surface area contributed by atoms with Crippen molar-refractivity contribution in [1.29, 1.82) is 0 Å². The smallest absolute Gasteiger partial charge is 0.417 e. The molecule has 9 heteroatoms. The summed E-state index contributed by atoms with van der Waals surface area (Å²) in [4.78, 5) is 22.5. The number of carbonyl (C=O) groups is 2. The van der Waals surface area contributed by atoms with E-state index in [4.69, 9.17) is 5.73 Å². The van der Waals surface area contributed by atoms with Crippen LogP contribution in [-0.2, 0) is 6.18 Å². The average molecular weight is 340 g/mol. The molecule has 0 atom stereocenters. The van der Waals surface area contributed by atoms with Crippen molar-refractivity contribution in [3.05, 3.63) is 47.5 Å². The number of anilines is 1. The zero-order valence-electron chi connectivity index (χ0n) is 11.9. The van der Waals surface area contributed by atoms with Crippen LogP contribution in [0.5, 0.6) is 5.75 Å². The van der Waals surface area contributed by atoms with Crippen LogP contribution in [-0.4, -0.2) is 22.2 Å². The Balaban J connectivity index is 2.85. The molecule has 2 amide bonds. The number of primary amides is 1. The van der Waals surface area contributed by atoms with Crippen LogP contribution in [0.4, 0.5) is 23.7 Å². The van der Waals surface area contributed by atoms with Gasteiger partial charge < -0.3 is 21.3 Å². The number of hydrogen-bond donors (Lipinski definition) is 4. The number of nitrogens with one attached hydrogen (secondary N) is 1. The number of benzene rings is 2. The van der Waals surface area contributed by atoms with Gasteiger partial charge >= 0.3 is 18.2 Å². The maximum absolute atomic E-state index is 13.2. The minimum absolute atomic E-state index is 0.334. The zero-order valence-corrected chi connectivity index (χ0v) is 11.9. The summed E-state index contributed by atoms with van der Waals surface area (Å²) in [6.45, 7) is 0. The number of carbonyl (C=O) groups excluding carboxylic acids is 1. The van der Waals surface area contributed by atoms with Gasteiger partial charge in [0.05, 0.1) is 16.8 Å². The van der Waals surface area contributed by atoms with Crippen molar-refractivity contribution in [1.82, 2.24) is 0 Å². The number of urea groups is 1. The van der Waals surface area contributed by atoms with Gasteiger partial charge in [0.15, 0.2) is 0 Å². The number of phenols is 1. The van der Waals surface area contributed by atoms with Gasteiger partial charge in [0.1, 0.15) is 5.75 Å². The molecule has 6 nitrogen and oxygen atoms in total. The quantitative estimate of drug-likeness (QED) is 0.642. The number of amides is 2. The predicted molar refractivity (Wildman–Crippen MR) is 78.7 cm³/mol. The van der Waals surface area contributed by atoms with E-state index in [1.54, 1.807) is 0 Å². The van der Waals surface area contributed by atoms with Gasteiger partial charge in [-0.2, -0.15) is 13.2 Å². The highest BCUT2D eigenvalue weighted by molar-refractivity contribution is 6.06. The van der Waals surface area contributed by atoms with Crippen molar-refractivity contribution in [3.63, 3.8) is 0 Å². The molecule has 5 N–H and O–H groups in total. The molecule has 0 aliphatic carbocycles. The Morgan fingerprint density at radius 2 is 1.71 bits per heavy atom. The Hall–Kier alpha value is -3.23. The standard InChI is InChI=1S/C15H11F3N2O4/c16-15(17,18)8-4-2-1-3-7(8)11-10(21)6-5-9(20-14(19)24)12(11)13(22)23/h1-6,21H,(H,22,23)(H3,19,20,24). The lowest BCUT2D eigenvalue weighted by atomic mass is 9.93. The van der Waals surface area contributed by atoms with Crippen molar-refractivity contribution < 1.29 is 33.0 Å². The zero-order chi connectivity index (χ0) is 18.1. The van der Waals surface area contributed by atoms with Gasteiger partial charge in [-0.1, -0.05) is 18.2 Å². The number of alkyl halides is 3. The van der Waals surface area contributed by atoms with E-state index in [-0.39, 0.29) is 5.69 Å². The lowest BCUT2D eigenvalue weighted by Crippen LogP contribution is -2.21. The average Bonchev–Trinajstić information content (AvgIpc) is 2.47. The van der Waals surface area contributed by atoms with Crippen LogP contribution in [0.3, 0.4) is 0 Å².